The number of hydrogen-bond acceptors (Lipinski definition) is 4. The second kappa shape index (κ2) is 6.26. The minimum Gasteiger partial charge on any atom is -0.356 e. The monoisotopic (exact) mass is 345 g/mol. The molecule has 2 aromatic rings. The summed E-state index contributed by atoms with van der Waals surface area (Å²) in [6.45, 7) is 0. The van der Waals surface area contributed by atoms with Gasteiger partial charge in [0.2, 0.25) is 5.91 Å². The molecule has 2 aromatic carbocycles. The van der Waals surface area contributed by atoms with E-state index in [1.54, 1.807) is 23.9 Å². The number of nitrogens with one attached hydrogen (secondary N) is 3. The van der Waals surface area contributed by atoms with Crippen LogP contribution in [-0.2, 0) is 4.79 Å². The van der Waals surface area contributed by atoms with E-state index in [0.717, 1.165) is 40.6 Å². The number of thioether (sulfide) groups is 1. The SMILES string of the molecule is CN[C@@H]1CC[C@H](C(=O)NC2Nc3ccc4cc(F)ccc4c3S2)C1. The van der Waals surface area contributed by atoms with Crippen LogP contribution in [0.1, 0.15) is 19.3 Å². The Bertz CT molecular complexity index is 797. The third-order valence-corrected chi connectivity index (χ3v) is 6.09. The zero-order chi connectivity index (χ0) is 16.7. The van der Waals surface area contributed by atoms with Crippen molar-refractivity contribution >= 4 is 34.1 Å². The van der Waals surface area contributed by atoms with Crippen molar-refractivity contribution < 1.29 is 9.18 Å². The number of hydrogen-bond donors (Lipinski definition) is 3. The second-order valence-electron chi connectivity index (χ2n) is 6.45. The summed E-state index contributed by atoms with van der Waals surface area (Å²) in [5.74, 6) is -0.0381. The molecule has 1 aliphatic heterocycles. The lowest BCUT2D eigenvalue weighted by Crippen LogP contribution is -2.39. The van der Waals surface area contributed by atoms with Crippen LogP contribution in [-0.4, -0.2) is 24.5 Å². The fourth-order valence-corrected chi connectivity index (χ4v) is 4.76. The Kier molecular flexibility index (Phi) is 4.10. The molecule has 1 fully saturated rings. The van der Waals surface area contributed by atoms with Gasteiger partial charge in [-0.3, -0.25) is 4.79 Å². The average molecular weight is 345 g/mol. The lowest BCUT2D eigenvalue weighted by molar-refractivity contribution is -0.124. The molecule has 1 aliphatic carbocycles. The molecule has 3 N–H and O–H groups in total. The van der Waals surface area contributed by atoms with Crippen LogP contribution in [0.15, 0.2) is 35.2 Å². The van der Waals surface area contributed by atoms with E-state index in [-0.39, 0.29) is 23.1 Å². The van der Waals surface area contributed by atoms with Gasteiger partial charge in [0, 0.05) is 16.9 Å². The van der Waals surface area contributed by atoms with E-state index in [1.807, 2.05) is 19.2 Å². The van der Waals surface area contributed by atoms with Crippen LogP contribution < -0.4 is 16.0 Å². The van der Waals surface area contributed by atoms with Gasteiger partial charge in [-0.1, -0.05) is 23.9 Å². The molecule has 0 saturated heterocycles. The quantitative estimate of drug-likeness (QED) is 0.799. The fourth-order valence-electron chi connectivity index (χ4n) is 3.60. The first-order chi connectivity index (χ1) is 11.6. The van der Waals surface area contributed by atoms with E-state index in [9.17, 15) is 9.18 Å². The van der Waals surface area contributed by atoms with E-state index in [2.05, 4.69) is 16.0 Å². The van der Waals surface area contributed by atoms with Gasteiger partial charge in [-0.05, 0) is 55.3 Å². The molecule has 126 valence electrons. The number of fused-ring (bicyclic) bond motifs is 3. The predicted molar refractivity (Wildman–Crippen MR) is 95.5 cm³/mol. The lowest BCUT2D eigenvalue weighted by atomic mass is 10.1. The minimum absolute atomic E-state index is 0.0828. The van der Waals surface area contributed by atoms with Crippen molar-refractivity contribution in [2.75, 3.05) is 12.4 Å². The lowest BCUT2D eigenvalue weighted by Gasteiger charge is -2.16. The van der Waals surface area contributed by atoms with Gasteiger partial charge >= 0.3 is 0 Å². The number of amides is 1. The fraction of sp³-hybridized carbons (Fsp3) is 0.389. The predicted octanol–water partition coefficient (Wildman–Crippen LogP) is 3.28. The van der Waals surface area contributed by atoms with Crippen molar-refractivity contribution in [3.8, 4) is 0 Å². The molecule has 3 atom stereocenters. The van der Waals surface area contributed by atoms with Crippen LogP contribution in [0.4, 0.5) is 10.1 Å². The number of rotatable bonds is 3. The Morgan fingerprint density at radius 1 is 1.29 bits per heavy atom. The average Bonchev–Trinajstić information content (AvgIpc) is 3.20. The maximum atomic E-state index is 13.4. The number of anilines is 1. The molecule has 1 amide bonds. The van der Waals surface area contributed by atoms with Crippen LogP contribution >= 0.6 is 11.8 Å². The van der Waals surface area contributed by atoms with Gasteiger partial charge in [-0.25, -0.2) is 4.39 Å². The van der Waals surface area contributed by atoms with Crippen molar-refractivity contribution in [1.82, 2.24) is 10.6 Å². The van der Waals surface area contributed by atoms with Gasteiger partial charge in [-0.2, -0.15) is 0 Å². The summed E-state index contributed by atoms with van der Waals surface area (Å²) in [4.78, 5) is 13.5. The summed E-state index contributed by atoms with van der Waals surface area (Å²) in [5, 5.41) is 11.6. The second-order valence-corrected chi connectivity index (χ2v) is 7.57. The Balaban J connectivity index is 1.48. The highest BCUT2D eigenvalue weighted by Crippen LogP contribution is 2.42. The zero-order valence-corrected chi connectivity index (χ0v) is 14.3. The highest BCUT2D eigenvalue weighted by Gasteiger charge is 2.32. The molecule has 1 unspecified atom stereocenters. The molecule has 4 nitrogen and oxygen atoms in total. The Hall–Kier alpha value is -1.79. The van der Waals surface area contributed by atoms with Crippen molar-refractivity contribution in [3.05, 3.63) is 36.1 Å². The summed E-state index contributed by atoms with van der Waals surface area (Å²) in [6, 6.07) is 9.12. The number of carbonyl (C=O) groups is 1. The van der Waals surface area contributed by atoms with Gasteiger partial charge in [0.25, 0.3) is 0 Å². The number of benzene rings is 2. The minimum atomic E-state index is -0.233. The smallest absolute Gasteiger partial charge is 0.225 e. The summed E-state index contributed by atoms with van der Waals surface area (Å²) in [5.41, 5.74) is 0.820. The molecule has 24 heavy (non-hydrogen) atoms. The van der Waals surface area contributed by atoms with Crippen LogP contribution in [0.2, 0.25) is 0 Å². The van der Waals surface area contributed by atoms with Crippen LogP contribution in [0.25, 0.3) is 10.8 Å². The maximum Gasteiger partial charge on any atom is 0.225 e. The molecule has 0 spiro atoms. The van der Waals surface area contributed by atoms with Gasteiger partial charge in [0.05, 0.1) is 5.69 Å². The summed E-state index contributed by atoms with van der Waals surface area (Å²) in [7, 11) is 1.95. The number of halogens is 1. The largest absolute Gasteiger partial charge is 0.356 e. The highest BCUT2D eigenvalue weighted by molar-refractivity contribution is 8.00. The third-order valence-electron chi connectivity index (χ3n) is 4.94. The first-order valence-corrected chi connectivity index (χ1v) is 9.15. The molecule has 0 radical (unpaired) electrons. The molecule has 2 aliphatic rings. The van der Waals surface area contributed by atoms with Crippen molar-refractivity contribution in [2.45, 2.75) is 35.7 Å². The van der Waals surface area contributed by atoms with Crippen molar-refractivity contribution in [3.63, 3.8) is 0 Å². The maximum absolute atomic E-state index is 13.4. The summed E-state index contributed by atoms with van der Waals surface area (Å²) < 4.78 is 13.4. The van der Waals surface area contributed by atoms with Crippen LogP contribution in [0.5, 0.6) is 0 Å². The highest BCUT2D eigenvalue weighted by atomic mass is 32.2. The first-order valence-electron chi connectivity index (χ1n) is 8.27. The Labute approximate surface area is 144 Å². The topological polar surface area (TPSA) is 53.2 Å². The van der Waals surface area contributed by atoms with Gasteiger partial charge < -0.3 is 16.0 Å². The van der Waals surface area contributed by atoms with Crippen molar-refractivity contribution in [1.29, 1.82) is 0 Å². The van der Waals surface area contributed by atoms with Crippen molar-refractivity contribution in [2.24, 2.45) is 5.92 Å². The molecule has 6 heteroatoms. The molecular weight excluding hydrogens is 325 g/mol. The van der Waals surface area contributed by atoms with Gasteiger partial charge in [-0.15, -0.1) is 0 Å². The van der Waals surface area contributed by atoms with E-state index in [4.69, 9.17) is 0 Å². The number of carbonyl (C=O) groups excluding carboxylic acids is 1. The molecule has 1 heterocycles. The van der Waals surface area contributed by atoms with E-state index in [0.29, 0.717) is 6.04 Å². The third kappa shape index (κ3) is 2.84. The molecule has 4 rings (SSSR count). The summed E-state index contributed by atoms with van der Waals surface area (Å²) in [6.07, 6.45) is 2.88. The normalized spacial score (nSPS) is 25.5. The van der Waals surface area contributed by atoms with E-state index < -0.39 is 0 Å². The van der Waals surface area contributed by atoms with Crippen LogP contribution in [0, 0.1) is 11.7 Å². The van der Waals surface area contributed by atoms with Gasteiger partial charge in [0.1, 0.15) is 5.82 Å². The molecular formula is C18H20FN3OS. The van der Waals surface area contributed by atoms with Gasteiger partial charge in [0.15, 0.2) is 5.50 Å². The molecule has 0 bridgehead atoms. The standard InChI is InChI=1S/C18H20FN3OS/c1-20-13-5-2-11(9-13)17(23)22-18-21-15-7-3-10-8-12(19)4-6-14(10)16(15)24-18/h3-4,6-8,11,13,18,20-21H,2,5,9H2,1H3,(H,22,23)/t11-,13+,18?/m0/s1. The van der Waals surface area contributed by atoms with Crippen LogP contribution in [0.3, 0.4) is 0 Å². The first kappa shape index (κ1) is 15.7. The zero-order valence-electron chi connectivity index (χ0n) is 13.4. The van der Waals surface area contributed by atoms with E-state index >= 15 is 0 Å². The Morgan fingerprint density at radius 2 is 2.17 bits per heavy atom. The molecule has 0 aromatic heterocycles. The van der Waals surface area contributed by atoms with E-state index in [1.165, 1.54) is 6.07 Å². The summed E-state index contributed by atoms with van der Waals surface area (Å²) >= 11 is 1.58. The molecule has 1 saturated carbocycles. The Morgan fingerprint density at radius 3 is 2.96 bits per heavy atom.